The van der Waals surface area contributed by atoms with E-state index in [1.54, 1.807) is 0 Å². The van der Waals surface area contributed by atoms with Gasteiger partial charge in [0.2, 0.25) is 0 Å². The molecule has 2 nitrogen and oxygen atoms in total. The molecule has 0 radical (unpaired) electrons. The number of fused-ring (bicyclic) bond motifs is 3. The Labute approximate surface area is 106 Å². The predicted molar refractivity (Wildman–Crippen MR) is 71.2 cm³/mol. The summed E-state index contributed by atoms with van der Waals surface area (Å²) in [5.41, 5.74) is 2.48. The summed E-state index contributed by atoms with van der Waals surface area (Å²) < 4.78 is 14.3. The van der Waals surface area contributed by atoms with Crippen LogP contribution in [0.25, 0.3) is 21.8 Å². The van der Waals surface area contributed by atoms with Gasteiger partial charge in [0.15, 0.2) is 0 Å². The second-order valence-electron chi connectivity index (χ2n) is 4.05. The topological polar surface area (TPSA) is 22.0 Å². The molecule has 2 aromatic carbocycles. The zero-order chi connectivity index (χ0) is 11.8. The molecule has 0 saturated carbocycles. The van der Waals surface area contributed by atoms with Gasteiger partial charge in [-0.2, -0.15) is 0 Å². The molecule has 0 N–H and O–H groups in total. The van der Waals surface area contributed by atoms with Gasteiger partial charge in [-0.3, -0.25) is 0 Å². The van der Waals surface area contributed by atoms with Crippen molar-refractivity contribution in [1.82, 2.24) is 4.57 Å². The number of hydrogen-bond donors (Lipinski definition) is 0. The first-order valence-corrected chi connectivity index (χ1v) is 7.40. The van der Waals surface area contributed by atoms with Gasteiger partial charge >= 0.3 is 106 Å². The average Bonchev–Trinajstić information content (AvgIpc) is 2.71. The fraction of sp³-hybridized carbons (Fsp3) is 0.143. The molecular weight excluding hydrogens is 273 g/mol. The second kappa shape index (κ2) is 4.12. The van der Waals surface area contributed by atoms with Crippen molar-refractivity contribution in [2.45, 2.75) is 13.5 Å². The van der Waals surface area contributed by atoms with Crippen LogP contribution < -0.4 is 4.35 Å². The Morgan fingerprint density at radius 2 is 1.82 bits per heavy atom. The van der Waals surface area contributed by atoms with E-state index in [1.165, 1.54) is 21.8 Å². The molecule has 17 heavy (non-hydrogen) atoms. The van der Waals surface area contributed by atoms with Gasteiger partial charge < -0.3 is 0 Å². The van der Waals surface area contributed by atoms with Crippen molar-refractivity contribution in [3.05, 3.63) is 42.5 Å². The zero-order valence-corrected chi connectivity index (χ0v) is 11.4. The third-order valence-electron chi connectivity index (χ3n) is 3.18. The number of para-hydroxylation sites is 1. The monoisotopic (exact) mass is 285 g/mol. The predicted octanol–water partition coefficient (Wildman–Crippen LogP) is 2.49. The molecule has 0 bridgehead atoms. The summed E-state index contributed by atoms with van der Waals surface area (Å²) in [4.78, 5) is 0. The number of nitrogens with zero attached hydrogens (tertiary/aromatic N) is 1. The van der Waals surface area contributed by atoms with E-state index in [-0.39, 0.29) is 0 Å². The molecule has 3 rings (SSSR count). The van der Waals surface area contributed by atoms with Gasteiger partial charge in [-0.05, 0) is 0 Å². The van der Waals surface area contributed by atoms with Crippen molar-refractivity contribution < 1.29 is 3.74 Å². The van der Waals surface area contributed by atoms with Crippen LogP contribution in [0.2, 0.25) is 0 Å². The summed E-state index contributed by atoms with van der Waals surface area (Å²) in [6, 6.07) is 14.5. The maximum atomic E-state index is 11.1. The fourth-order valence-electron chi connectivity index (χ4n) is 2.44. The van der Waals surface area contributed by atoms with E-state index in [9.17, 15) is 3.74 Å². The third kappa shape index (κ3) is 1.56. The van der Waals surface area contributed by atoms with Gasteiger partial charge in [0.05, 0.1) is 0 Å². The number of rotatable bonds is 2. The van der Waals surface area contributed by atoms with Crippen molar-refractivity contribution in [2.75, 3.05) is 0 Å². The van der Waals surface area contributed by atoms with E-state index < -0.39 is 15.7 Å². The van der Waals surface area contributed by atoms with Crippen LogP contribution in [0.15, 0.2) is 42.5 Å². The molecule has 1 heterocycles. The fourth-order valence-corrected chi connectivity index (χ4v) is 3.10. The first-order chi connectivity index (χ1) is 8.35. The van der Waals surface area contributed by atoms with Crippen molar-refractivity contribution in [1.29, 1.82) is 0 Å². The molecule has 0 fully saturated rings. The summed E-state index contributed by atoms with van der Waals surface area (Å²) in [7, 11) is 0. The normalized spacial score (nSPS) is 11.6. The number of aryl methyl sites for hydroxylation is 1. The van der Waals surface area contributed by atoms with E-state index in [0.717, 1.165) is 10.9 Å². The molecule has 0 spiro atoms. The van der Waals surface area contributed by atoms with E-state index in [0.29, 0.717) is 0 Å². The molecule has 0 saturated heterocycles. The molecule has 84 valence electrons. The van der Waals surface area contributed by atoms with Gasteiger partial charge in [-0.15, -0.1) is 0 Å². The molecule has 0 unspecified atom stereocenters. The third-order valence-corrected chi connectivity index (χ3v) is 4.20. The average molecular weight is 285 g/mol. The van der Waals surface area contributed by atoms with Crippen molar-refractivity contribution in [2.24, 2.45) is 0 Å². The number of aromatic nitrogens is 1. The summed E-state index contributed by atoms with van der Waals surface area (Å²) in [6.45, 7) is 3.10. The SMILES string of the molecule is CCn1c2ccccc2c2cc([As]=O)ccc21. The molecule has 0 amide bonds. The summed E-state index contributed by atoms with van der Waals surface area (Å²) in [6.07, 6.45) is 0. The summed E-state index contributed by atoms with van der Waals surface area (Å²) in [5, 5.41) is 2.46. The molecule has 0 aliphatic heterocycles. The van der Waals surface area contributed by atoms with Gasteiger partial charge in [-0.25, -0.2) is 0 Å². The van der Waals surface area contributed by atoms with Crippen LogP contribution >= 0.6 is 0 Å². The quantitative estimate of drug-likeness (QED) is 0.663. The molecule has 3 aromatic rings. The van der Waals surface area contributed by atoms with Crippen LogP contribution in [0.3, 0.4) is 0 Å². The van der Waals surface area contributed by atoms with Crippen LogP contribution in [0, 0.1) is 0 Å². The van der Waals surface area contributed by atoms with Gasteiger partial charge in [0.25, 0.3) is 0 Å². The van der Waals surface area contributed by atoms with Crippen LogP contribution in [0.4, 0.5) is 0 Å². The van der Waals surface area contributed by atoms with E-state index in [4.69, 9.17) is 0 Å². The number of benzene rings is 2. The van der Waals surface area contributed by atoms with Crippen molar-refractivity contribution in [3.63, 3.8) is 0 Å². The Morgan fingerprint density at radius 1 is 1.06 bits per heavy atom. The molecule has 1 aromatic heterocycles. The Bertz CT molecular complexity index is 715. The van der Waals surface area contributed by atoms with E-state index in [2.05, 4.69) is 47.9 Å². The molecule has 0 aliphatic rings. The molecular formula is C14H12AsNO. The molecule has 0 aliphatic carbocycles. The number of hydrogen-bond acceptors (Lipinski definition) is 1. The Balaban J connectivity index is 2.53. The zero-order valence-electron chi connectivity index (χ0n) is 9.55. The molecule has 0 atom stereocenters. The van der Waals surface area contributed by atoms with Crippen LogP contribution in [-0.4, -0.2) is 20.3 Å². The standard InChI is InChI=1S/C14H12AsNO/c1-2-16-13-6-4-3-5-11(13)12-9-10(15-17)7-8-14(12)16/h3-9H,2H2,1H3. The molecule has 3 heteroatoms. The Kier molecular flexibility index (Phi) is 2.60. The van der Waals surface area contributed by atoms with Crippen LogP contribution in [-0.2, 0) is 10.3 Å². The van der Waals surface area contributed by atoms with Gasteiger partial charge in [0, 0.05) is 0 Å². The maximum absolute atomic E-state index is 11.1. The van der Waals surface area contributed by atoms with Crippen molar-refractivity contribution >= 4 is 41.8 Å². The van der Waals surface area contributed by atoms with Crippen LogP contribution in [0.1, 0.15) is 6.92 Å². The van der Waals surface area contributed by atoms with Gasteiger partial charge in [-0.1, -0.05) is 0 Å². The second-order valence-corrected chi connectivity index (χ2v) is 5.52. The first kappa shape index (κ1) is 10.7. The Morgan fingerprint density at radius 3 is 2.59 bits per heavy atom. The van der Waals surface area contributed by atoms with Crippen LogP contribution in [0.5, 0.6) is 0 Å². The first-order valence-electron chi connectivity index (χ1n) is 5.69. The Hall–Kier alpha value is -1.40. The minimum atomic E-state index is -0.940. The van der Waals surface area contributed by atoms with Gasteiger partial charge in [0.1, 0.15) is 0 Å². The van der Waals surface area contributed by atoms with E-state index in [1.807, 2.05) is 6.07 Å². The van der Waals surface area contributed by atoms with E-state index >= 15 is 0 Å². The summed E-state index contributed by atoms with van der Waals surface area (Å²) in [5.74, 6) is 0. The minimum absolute atomic E-state index is 0.940. The van der Waals surface area contributed by atoms with Crippen molar-refractivity contribution in [3.8, 4) is 0 Å². The summed E-state index contributed by atoms with van der Waals surface area (Å²) >= 11 is -0.940.